The fourth-order valence-corrected chi connectivity index (χ4v) is 1.38. The fourth-order valence-electron chi connectivity index (χ4n) is 1.38. The van der Waals surface area contributed by atoms with E-state index in [2.05, 4.69) is 0 Å². The molecule has 2 aromatic carbocycles. The molecule has 18 heavy (non-hydrogen) atoms. The van der Waals surface area contributed by atoms with E-state index in [0.29, 0.717) is 5.75 Å². The van der Waals surface area contributed by atoms with Crippen molar-refractivity contribution in [3.63, 3.8) is 0 Å². The minimum Gasteiger partial charge on any atom is -0.423 e. The van der Waals surface area contributed by atoms with Crippen molar-refractivity contribution >= 4 is 12.0 Å². The molecular formula is C15H11FO2. The Morgan fingerprint density at radius 2 is 1.67 bits per heavy atom. The average molecular weight is 242 g/mol. The number of halogens is 1. The Morgan fingerprint density at radius 3 is 2.33 bits per heavy atom. The van der Waals surface area contributed by atoms with Gasteiger partial charge in [0.2, 0.25) is 0 Å². The number of carbonyl (C=O) groups is 1. The van der Waals surface area contributed by atoms with Gasteiger partial charge in [-0.3, -0.25) is 0 Å². The molecule has 0 spiro atoms. The summed E-state index contributed by atoms with van der Waals surface area (Å²) in [5.41, 5.74) is 0.737. The van der Waals surface area contributed by atoms with Crippen LogP contribution in [0.3, 0.4) is 0 Å². The molecule has 90 valence electrons. The van der Waals surface area contributed by atoms with Gasteiger partial charge in [0.25, 0.3) is 0 Å². The predicted octanol–water partition coefficient (Wildman–Crippen LogP) is 3.44. The lowest BCUT2D eigenvalue weighted by Crippen LogP contribution is -2.03. The third kappa shape index (κ3) is 3.56. The van der Waals surface area contributed by atoms with Gasteiger partial charge in [-0.2, -0.15) is 0 Å². The highest BCUT2D eigenvalue weighted by Crippen LogP contribution is 2.09. The van der Waals surface area contributed by atoms with Crippen molar-refractivity contribution in [1.29, 1.82) is 0 Å². The number of hydrogen-bond acceptors (Lipinski definition) is 2. The minimum atomic E-state index is -0.467. The highest BCUT2D eigenvalue weighted by atomic mass is 19.1. The quantitative estimate of drug-likeness (QED) is 0.468. The van der Waals surface area contributed by atoms with Crippen molar-refractivity contribution in [3.05, 3.63) is 72.1 Å². The van der Waals surface area contributed by atoms with Crippen LogP contribution < -0.4 is 4.74 Å². The van der Waals surface area contributed by atoms with Gasteiger partial charge in [-0.15, -0.1) is 0 Å². The van der Waals surface area contributed by atoms with Gasteiger partial charge in [-0.25, -0.2) is 9.18 Å². The number of para-hydroxylation sites is 1. The summed E-state index contributed by atoms with van der Waals surface area (Å²) in [5.74, 6) is -0.282. The molecule has 0 saturated heterocycles. The summed E-state index contributed by atoms with van der Waals surface area (Å²) in [6.07, 6.45) is 2.88. The van der Waals surface area contributed by atoms with Gasteiger partial charge in [0, 0.05) is 6.08 Å². The minimum absolute atomic E-state index is 0.306. The Morgan fingerprint density at radius 1 is 1.00 bits per heavy atom. The number of rotatable bonds is 3. The second-order valence-electron chi connectivity index (χ2n) is 3.62. The molecule has 2 aromatic rings. The Hall–Kier alpha value is -2.42. The molecule has 0 radical (unpaired) electrons. The number of hydrogen-bond donors (Lipinski definition) is 0. The van der Waals surface area contributed by atoms with Crippen LogP contribution in [0.5, 0.6) is 5.75 Å². The van der Waals surface area contributed by atoms with Crippen LogP contribution in [0.1, 0.15) is 5.56 Å². The van der Waals surface area contributed by atoms with Gasteiger partial charge in [0.05, 0.1) is 0 Å². The van der Waals surface area contributed by atoms with Crippen LogP contribution in [0.15, 0.2) is 60.7 Å². The first-order valence-electron chi connectivity index (χ1n) is 5.44. The maximum atomic E-state index is 12.7. The van der Waals surface area contributed by atoms with Crippen LogP contribution >= 0.6 is 0 Å². The SMILES string of the molecule is O=C(/C=C/c1ccc(F)cc1)Oc1ccccc1. The van der Waals surface area contributed by atoms with Crippen molar-refractivity contribution in [2.24, 2.45) is 0 Å². The van der Waals surface area contributed by atoms with Crippen LogP contribution in [-0.2, 0) is 4.79 Å². The van der Waals surface area contributed by atoms with E-state index < -0.39 is 5.97 Å². The molecule has 0 bridgehead atoms. The summed E-state index contributed by atoms with van der Waals surface area (Å²) >= 11 is 0. The van der Waals surface area contributed by atoms with Gasteiger partial charge in [0.1, 0.15) is 11.6 Å². The lowest BCUT2D eigenvalue weighted by Gasteiger charge is -1.99. The number of esters is 1. The molecule has 0 unspecified atom stereocenters. The van der Waals surface area contributed by atoms with Crippen molar-refractivity contribution in [2.45, 2.75) is 0 Å². The normalized spacial score (nSPS) is 10.5. The largest absolute Gasteiger partial charge is 0.423 e. The first-order chi connectivity index (χ1) is 8.74. The van der Waals surface area contributed by atoms with E-state index in [1.165, 1.54) is 18.2 Å². The van der Waals surface area contributed by atoms with Crippen molar-refractivity contribution in [1.82, 2.24) is 0 Å². The number of carbonyl (C=O) groups excluding carboxylic acids is 1. The molecular weight excluding hydrogens is 231 g/mol. The molecule has 0 aliphatic carbocycles. The Labute approximate surface area is 104 Å². The lowest BCUT2D eigenvalue weighted by molar-refractivity contribution is -0.128. The summed E-state index contributed by atoms with van der Waals surface area (Å²) in [6.45, 7) is 0. The maximum Gasteiger partial charge on any atom is 0.336 e. The van der Waals surface area contributed by atoms with E-state index in [9.17, 15) is 9.18 Å². The Kier molecular flexibility index (Phi) is 3.86. The molecule has 2 nitrogen and oxygen atoms in total. The van der Waals surface area contributed by atoms with E-state index in [4.69, 9.17) is 4.74 Å². The zero-order valence-electron chi connectivity index (χ0n) is 9.55. The topological polar surface area (TPSA) is 26.3 Å². The Balaban J connectivity index is 1.97. The monoisotopic (exact) mass is 242 g/mol. The van der Waals surface area contributed by atoms with Crippen molar-refractivity contribution in [2.75, 3.05) is 0 Å². The van der Waals surface area contributed by atoms with Gasteiger partial charge in [-0.1, -0.05) is 30.3 Å². The van der Waals surface area contributed by atoms with Crippen molar-refractivity contribution < 1.29 is 13.9 Å². The second kappa shape index (κ2) is 5.77. The van der Waals surface area contributed by atoms with E-state index in [0.717, 1.165) is 5.56 Å². The summed E-state index contributed by atoms with van der Waals surface area (Å²) in [7, 11) is 0. The molecule has 0 aliphatic heterocycles. The predicted molar refractivity (Wildman–Crippen MR) is 67.5 cm³/mol. The molecule has 0 N–H and O–H groups in total. The van der Waals surface area contributed by atoms with Crippen LogP contribution in [0, 0.1) is 5.82 Å². The van der Waals surface area contributed by atoms with Gasteiger partial charge < -0.3 is 4.74 Å². The number of benzene rings is 2. The highest BCUT2D eigenvalue weighted by Gasteiger charge is 1.98. The van der Waals surface area contributed by atoms with E-state index in [-0.39, 0.29) is 5.82 Å². The van der Waals surface area contributed by atoms with Crippen LogP contribution in [0.4, 0.5) is 4.39 Å². The molecule has 0 saturated carbocycles. The third-order valence-electron chi connectivity index (χ3n) is 2.24. The average Bonchev–Trinajstić information content (AvgIpc) is 2.39. The highest BCUT2D eigenvalue weighted by molar-refractivity contribution is 5.88. The van der Waals surface area contributed by atoms with E-state index in [1.54, 1.807) is 42.5 Å². The smallest absolute Gasteiger partial charge is 0.336 e. The molecule has 2 rings (SSSR count). The van der Waals surface area contributed by atoms with E-state index >= 15 is 0 Å². The standard InChI is InChI=1S/C15H11FO2/c16-13-9-6-12(7-10-13)8-11-15(17)18-14-4-2-1-3-5-14/h1-11H/b11-8+. The third-order valence-corrected chi connectivity index (χ3v) is 2.24. The first kappa shape index (κ1) is 12.0. The van der Waals surface area contributed by atoms with Gasteiger partial charge in [0.15, 0.2) is 0 Å². The van der Waals surface area contributed by atoms with Crippen LogP contribution in [0.2, 0.25) is 0 Å². The molecule has 0 atom stereocenters. The zero-order chi connectivity index (χ0) is 12.8. The Bertz CT molecular complexity index is 544. The molecule has 0 amide bonds. The summed E-state index contributed by atoms with van der Waals surface area (Å²) < 4.78 is 17.7. The van der Waals surface area contributed by atoms with Gasteiger partial charge >= 0.3 is 5.97 Å². The lowest BCUT2D eigenvalue weighted by atomic mass is 10.2. The van der Waals surface area contributed by atoms with Crippen molar-refractivity contribution in [3.8, 4) is 5.75 Å². The van der Waals surface area contributed by atoms with Crippen LogP contribution in [0.25, 0.3) is 6.08 Å². The van der Waals surface area contributed by atoms with E-state index in [1.807, 2.05) is 6.07 Å². The number of ether oxygens (including phenoxy) is 1. The summed E-state index contributed by atoms with van der Waals surface area (Å²) in [4.78, 5) is 11.5. The second-order valence-corrected chi connectivity index (χ2v) is 3.62. The zero-order valence-corrected chi connectivity index (χ0v) is 9.55. The molecule has 3 heteroatoms. The molecule has 0 heterocycles. The molecule has 0 aliphatic rings. The van der Waals surface area contributed by atoms with Gasteiger partial charge in [-0.05, 0) is 35.9 Å². The summed E-state index contributed by atoms with van der Waals surface area (Å²) in [6, 6.07) is 14.6. The fraction of sp³-hybridized carbons (Fsp3) is 0. The first-order valence-corrected chi connectivity index (χ1v) is 5.44. The summed E-state index contributed by atoms with van der Waals surface area (Å²) in [5, 5.41) is 0. The maximum absolute atomic E-state index is 12.7. The molecule has 0 fully saturated rings. The van der Waals surface area contributed by atoms with Crippen LogP contribution in [-0.4, -0.2) is 5.97 Å². The molecule has 0 aromatic heterocycles.